The van der Waals surface area contributed by atoms with E-state index in [1.807, 2.05) is 6.92 Å². The van der Waals surface area contributed by atoms with Crippen molar-refractivity contribution >= 4 is 18.3 Å². The van der Waals surface area contributed by atoms with Crippen molar-refractivity contribution < 1.29 is 33.0 Å². The summed E-state index contributed by atoms with van der Waals surface area (Å²) >= 11 is 0. The fraction of sp³-hybridized carbons (Fsp3) is 0.400. The summed E-state index contributed by atoms with van der Waals surface area (Å²) in [6, 6.07) is 8.70. The minimum absolute atomic E-state index is 0.0518. The van der Waals surface area contributed by atoms with Gasteiger partial charge >= 0.3 is 0 Å². The van der Waals surface area contributed by atoms with Crippen LogP contribution in [0.1, 0.15) is 55.1 Å². The molecular weight excluding hydrogens is 443 g/mol. The molecule has 9 heteroatoms. The number of rotatable bonds is 11. The van der Waals surface area contributed by atoms with Crippen molar-refractivity contribution in [3.05, 3.63) is 58.9 Å². The Bertz CT molecular complexity index is 1070. The average Bonchev–Trinajstić information content (AvgIpc) is 3.13. The highest BCUT2D eigenvalue weighted by Gasteiger charge is 2.39. The van der Waals surface area contributed by atoms with Crippen molar-refractivity contribution in [1.29, 1.82) is 0 Å². The lowest BCUT2D eigenvalue weighted by molar-refractivity contribution is -0.148. The Morgan fingerprint density at radius 3 is 2.74 bits per heavy atom. The number of fused-ring (bicyclic) bond motifs is 1. The third kappa shape index (κ3) is 5.47. The molecule has 1 atom stereocenters. The maximum Gasteiger partial charge on any atom is 0.295 e. The van der Waals surface area contributed by atoms with Crippen LogP contribution in [0.2, 0.25) is 0 Å². The maximum atomic E-state index is 14.2. The predicted octanol–water partition coefficient (Wildman–Crippen LogP) is 3.56. The van der Waals surface area contributed by atoms with E-state index in [1.165, 1.54) is 24.1 Å². The molecule has 0 spiro atoms. The first kappa shape index (κ1) is 25.0. The van der Waals surface area contributed by atoms with E-state index in [4.69, 9.17) is 14.2 Å². The van der Waals surface area contributed by atoms with E-state index in [2.05, 4.69) is 5.32 Å². The highest BCUT2D eigenvalue weighted by molar-refractivity contribution is 6.01. The van der Waals surface area contributed by atoms with Gasteiger partial charge in [-0.2, -0.15) is 0 Å². The lowest BCUT2D eigenvalue weighted by Crippen LogP contribution is -2.54. The maximum absolute atomic E-state index is 14.2. The van der Waals surface area contributed by atoms with Gasteiger partial charge in [-0.1, -0.05) is 19.4 Å². The number of benzene rings is 2. The SMILES string of the molecule is CCCC(C(=O)NC(C)(C)OC=O)N1Cc2c(OCc3cc(OC)ccc3F)cccc2C1=O. The fourth-order valence-corrected chi connectivity index (χ4v) is 3.89. The molecule has 3 rings (SSSR count). The summed E-state index contributed by atoms with van der Waals surface area (Å²) in [5, 5.41) is 2.67. The van der Waals surface area contributed by atoms with E-state index in [1.54, 1.807) is 38.1 Å². The molecule has 0 aliphatic carbocycles. The number of nitrogens with one attached hydrogen (secondary N) is 1. The molecule has 34 heavy (non-hydrogen) atoms. The van der Waals surface area contributed by atoms with Gasteiger partial charge in [0.05, 0.1) is 13.7 Å². The zero-order valence-electron chi connectivity index (χ0n) is 19.7. The van der Waals surface area contributed by atoms with E-state index in [9.17, 15) is 18.8 Å². The second kappa shape index (κ2) is 10.5. The summed E-state index contributed by atoms with van der Waals surface area (Å²) in [7, 11) is 1.50. The van der Waals surface area contributed by atoms with E-state index in [0.29, 0.717) is 41.0 Å². The predicted molar refractivity (Wildman–Crippen MR) is 122 cm³/mol. The number of carbonyl (C=O) groups is 3. The number of halogens is 1. The first-order chi connectivity index (χ1) is 16.2. The Morgan fingerprint density at radius 2 is 2.06 bits per heavy atom. The summed E-state index contributed by atoms with van der Waals surface area (Å²) in [6.07, 6.45) is 1.08. The first-order valence-electron chi connectivity index (χ1n) is 11.0. The Kier molecular flexibility index (Phi) is 7.75. The van der Waals surface area contributed by atoms with Gasteiger partial charge in [0.25, 0.3) is 12.4 Å². The molecule has 0 saturated heterocycles. The van der Waals surface area contributed by atoms with Gasteiger partial charge in [-0.15, -0.1) is 0 Å². The number of hydrogen-bond donors (Lipinski definition) is 1. The van der Waals surface area contributed by atoms with Gasteiger partial charge in [-0.25, -0.2) is 4.39 Å². The minimum Gasteiger partial charge on any atom is -0.497 e. The molecular formula is C25H29FN2O6. The van der Waals surface area contributed by atoms with Crippen LogP contribution < -0.4 is 14.8 Å². The third-order valence-electron chi connectivity index (χ3n) is 5.60. The Morgan fingerprint density at radius 1 is 1.29 bits per heavy atom. The minimum atomic E-state index is -1.21. The second-order valence-corrected chi connectivity index (χ2v) is 8.48. The average molecular weight is 473 g/mol. The van der Waals surface area contributed by atoms with Gasteiger partial charge in [0.1, 0.15) is 30.0 Å². The molecule has 182 valence electrons. The van der Waals surface area contributed by atoms with Gasteiger partial charge in [0.15, 0.2) is 5.72 Å². The number of carbonyl (C=O) groups excluding carboxylic acids is 3. The van der Waals surface area contributed by atoms with Crippen LogP contribution >= 0.6 is 0 Å². The molecule has 1 unspecified atom stereocenters. The molecule has 1 aliphatic heterocycles. The quantitative estimate of drug-likeness (QED) is 0.397. The zero-order chi connectivity index (χ0) is 24.9. The molecule has 2 aromatic carbocycles. The van der Waals surface area contributed by atoms with Crippen molar-refractivity contribution in [2.24, 2.45) is 0 Å². The number of hydrogen-bond acceptors (Lipinski definition) is 6. The van der Waals surface area contributed by atoms with Gasteiger partial charge < -0.3 is 24.4 Å². The van der Waals surface area contributed by atoms with E-state index in [-0.39, 0.29) is 25.5 Å². The van der Waals surface area contributed by atoms with Crippen LogP contribution in [0.3, 0.4) is 0 Å². The molecule has 1 aliphatic rings. The topological polar surface area (TPSA) is 94.2 Å². The van der Waals surface area contributed by atoms with Gasteiger partial charge in [-0.05, 0) is 50.6 Å². The molecule has 0 bridgehead atoms. The Labute approximate surface area is 198 Å². The van der Waals surface area contributed by atoms with Crippen molar-refractivity contribution in [1.82, 2.24) is 10.2 Å². The number of methoxy groups -OCH3 is 1. The molecule has 0 aromatic heterocycles. The Hall–Kier alpha value is -3.62. The molecule has 0 fully saturated rings. The van der Waals surface area contributed by atoms with Crippen LogP contribution in [-0.2, 0) is 27.5 Å². The van der Waals surface area contributed by atoms with Crippen LogP contribution in [-0.4, -0.2) is 42.1 Å². The Balaban J connectivity index is 1.81. The molecule has 1 heterocycles. The number of nitrogens with zero attached hydrogens (tertiary/aromatic N) is 1. The molecule has 0 saturated carbocycles. The van der Waals surface area contributed by atoms with Crippen molar-refractivity contribution in [2.45, 2.75) is 58.5 Å². The number of amides is 2. The fourth-order valence-electron chi connectivity index (χ4n) is 3.89. The van der Waals surface area contributed by atoms with Gasteiger partial charge in [-0.3, -0.25) is 14.4 Å². The number of ether oxygens (including phenoxy) is 3. The largest absolute Gasteiger partial charge is 0.497 e. The first-order valence-corrected chi connectivity index (χ1v) is 11.0. The van der Waals surface area contributed by atoms with E-state index < -0.39 is 23.5 Å². The smallest absolute Gasteiger partial charge is 0.295 e. The van der Waals surface area contributed by atoms with Crippen LogP contribution in [0.25, 0.3) is 0 Å². The summed E-state index contributed by atoms with van der Waals surface area (Å²) in [6.45, 7) is 5.39. The van der Waals surface area contributed by atoms with Crippen molar-refractivity contribution in [3.63, 3.8) is 0 Å². The van der Waals surface area contributed by atoms with Crippen molar-refractivity contribution in [3.8, 4) is 11.5 Å². The third-order valence-corrected chi connectivity index (χ3v) is 5.60. The summed E-state index contributed by atoms with van der Waals surface area (Å²) in [5.74, 6) is -0.192. The van der Waals surface area contributed by atoms with Crippen LogP contribution in [0.15, 0.2) is 36.4 Å². The monoisotopic (exact) mass is 472 g/mol. The van der Waals surface area contributed by atoms with Gasteiger partial charge in [0.2, 0.25) is 5.91 Å². The normalized spacial score (nSPS) is 13.8. The standard InChI is InChI=1S/C25H29FN2O6/c1-5-7-21(23(30)27-25(2,3)34-15-29)28-13-19-18(24(28)31)8-6-9-22(19)33-14-16-12-17(32-4)10-11-20(16)26/h6,8-12,15,21H,5,7,13-14H2,1-4H3,(H,27,30). The molecule has 2 amide bonds. The molecule has 0 radical (unpaired) electrons. The van der Waals surface area contributed by atoms with Gasteiger partial charge in [0, 0.05) is 16.7 Å². The molecule has 1 N–H and O–H groups in total. The molecule has 8 nitrogen and oxygen atoms in total. The van der Waals surface area contributed by atoms with Crippen molar-refractivity contribution in [2.75, 3.05) is 7.11 Å². The summed E-state index contributed by atoms with van der Waals surface area (Å²) < 4.78 is 30.2. The van der Waals surface area contributed by atoms with Crippen LogP contribution in [0.5, 0.6) is 11.5 Å². The van der Waals surface area contributed by atoms with Crippen LogP contribution in [0, 0.1) is 5.82 Å². The zero-order valence-corrected chi connectivity index (χ0v) is 19.7. The van der Waals surface area contributed by atoms with E-state index >= 15 is 0 Å². The molecule has 2 aromatic rings. The highest BCUT2D eigenvalue weighted by atomic mass is 19.1. The van der Waals surface area contributed by atoms with Crippen LogP contribution in [0.4, 0.5) is 4.39 Å². The summed E-state index contributed by atoms with van der Waals surface area (Å²) in [4.78, 5) is 38.4. The summed E-state index contributed by atoms with van der Waals surface area (Å²) in [5.41, 5.74) is 0.169. The highest BCUT2D eigenvalue weighted by Crippen LogP contribution is 2.34. The lowest BCUT2D eigenvalue weighted by atomic mass is 10.1. The second-order valence-electron chi connectivity index (χ2n) is 8.48. The lowest BCUT2D eigenvalue weighted by Gasteiger charge is -2.31. The van der Waals surface area contributed by atoms with E-state index in [0.717, 1.165) is 0 Å².